The minimum Gasteiger partial charge on any atom is -0.368 e. The lowest BCUT2D eigenvalue weighted by atomic mass is 9.99. The topological polar surface area (TPSA) is 93.4 Å². The number of hydrogen-bond acceptors (Lipinski definition) is 4. The Morgan fingerprint density at radius 3 is 2.12 bits per heavy atom. The molecule has 1 unspecified atom stereocenters. The Bertz CT molecular complexity index is 745. The highest BCUT2D eigenvalue weighted by Gasteiger charge is 2.33. The molecule has 1 atom stereocenters. The van der Waals surface area contributed by atoms with E-state index in [1.165, 1.54) is 17.3 Å². The van der Waals surface area contributed by atoms with E-state index in [2.05, 4.69) is 4.98 Å². The van der Waals surface area contributed by atoms with Gasteiger partial charge in [0.05, 0.1) is 6.54 Å². The maximum Gasteiger partial charge on any atom is 0.255 e. The highest BCUT2D eigenvalue weighted by Crippen LogP contribution is 2.16. The first-order valence-corrected chi connectivity index (χ1v) is 8.00. The number of nitrogens with two attached hydrogens (primary N) is 1. The van der Waals surface area contributed by atoms with Crippen molar-refractivity contribution in [3.05, 3.63) is 66.0 Å². The summed E-state index contributed by atoms with van der Waals surface area (Å²) < 4.78 is 0. The van der Waals surface area contributed by atoms with Gasteiger partial charge in [-0.15, -0.1) is 0 Å². The first-order valence-electron chi connectivity index (χ1n) is 8.00. The number of aromatic nitrogens is 1. The number of amides is 2. The van der Waals surface area contributed by atoms with Gasteiger partial charge in [0.2, 0.25) is 5.91 Å². The second-order valence-electron chi connectivity index (χ2n) is 6.05. The molecule has 0 aliphatic rings. The number of nitrogens with zero attached hydrogens (tertiary/aromatic N) is 2. The summed E-state index contributed by atoms with van der Waals surface area (Å²) in [6.45, 7) is 3.35. The second-order valence-corrected chi connectivity index (χ2v) is 6.05. The molecule has 0 spiro atoms. The van der Waals surface area contributed by atoms with E-state index in [0.29, 0.717) is 11.1 Å². The van der Waals surface area contributed by atoms with Gasteiger partial charge in [0.1, 0.15) is 6.04 Å². The fourth-order valence-electron chi connectivity index (χ4n) is 2.67. The maximum absolute atomic E-state index is 12.9. The molecule has 6 heteroatoms. The minimum atomic E-state index is -0.881. The molecule has 2 rings (SSSR count). The van der Waals surface area contributed by atoms with Crippen molar-refractivity contribution in [2.24, 2.45) is 11.7 Å². The first kappa shape index (κ1) is 18.3. The van der Waals surface area contributed by atoms with Gasteiger partial charge in [-0.25, -0.2) is 0 Å². The molecule has 0 saturated heterocycles. The van der Waals surface area contributed by atoms with Crippen LogP contribution in [0.25, 0.3) is 0 Å². The number of rotatable bonds is 7. The van der Waals surface area contributed by atoms with Gasteiger partial charge in [0.25, 0.3) is 5.91 Å². The largest absolute Gasteiger partial charge is 0.368 e. The molecule has 0 fully saturated rings. The quantitative estimate of drug-likeness (QED) is 0.780. The van der Waals surface area contributed by atoms with Crippen LogP contribution in [0.1, 0.15) is 34.6 Å². The average molecular weight is 339 g/mol. The van der Waals surface area contributed by atoms with Crippen molar-refractivity contribution >= 4 is 17.6 Å². The van der Waals surface area contributed by atoms with E-state index in [-0.39, 0.29) is 18.2 Å². The van der Waals surface area contributed by atoms with Crippen LogP contribution in [-0.2, 0) is 4.79 Å². The van der Waals surface area contributed by atoms with Gasteiger partial charge in [0.15, 0.2) is 5.78 Å². The third-order valence-electron chi connectivity index (χ3n) is 3.86. The van der Waals surface area contributed by atoms with Crippen molar-refractivity contribution in [1.82, 2.24) is 9.88 Å². The standard InChI is InChI=1S/C19H21N3O3/c1-13(2)17(18(20)24)22(19(25)15-8-10-21-11-9-15)12-16(23)14-6-4-3-5-7-14/h3-11,13,17H,12H2,1-2H3,(H2,20,24). The Labute approximate surface area is 146 Å². The number of pyridine rings is 1. The summed E-state index contributed by atoms with van der Waals surface area (Å²) in [5, 5.41) is 0. The van der Waals surface area contributed by atoms with E-state index < -0.39 is 17.9 Å². The summed E-state index contributed by atoms with van der Waals surface area (Å²) in [7, 11) is 0. The van der Waals surface area contributed by atoms with E-state index in [0.717, 1.165) is 0 Å². The lowest BCUT2D eigenvalue weighted by molar-refractivity contribution is -0.123. The van der Waals surface area contributed by atoms with Crippen LogP contribution in [0.4, 0.5) is 0 Å². The smallest absolute Gasteiger partial charge is 0.255 e. The number of carbonyl (C=O) groups is 3. The van der Waals surface area contributed by atoms with E-state index in [1.54, 1.807) is 56.3 Å². The summed E-state index contributed by atoms with van der Waals surface area (Å²) >= 11 is 0. The van der Waals surface area contributed by atoms with Crippen molar-refractivity contribution in [3.63, 3.8) is 0 Å². The summed E-state index contributed by atoms with van der Waals surface area (Å²) in [6, 6.07) is 10.8. The zero-order chi connectivity index (χ0) is 18.4. The Morgan fingerprint density at radius 2 is 1.60 bits per heavy atom. The number of primary amides is 1. The van der Waals surface area contributed by atoms with Gasteiger partial charge < -0.3 is 10.6 Å². The van der Waals surface area contributed by atoms with Crippen LogP contribution in [0.3, 0.4) is 0 Å². The van der Waals surface area contributed by atoms with Crippen LogP contribution >= 0.6 is 0 Å². The van der Waals surface area contributed by atoms with Crippen LogP contribution in [0.15, 0.2) is 54.9 Å². The van der Waals surface area contributed by atoms with Gasteiger partial charge in [-0.1, -0.05) is 44.2 Å². The minimum absolute atomic E-state index is 0.225. The monoisotopic (exact) mass is 339 g/mol. The van der Waals surface area contributed by atoms with Gasteiger partial charge >= 0.3 is 0 Å². The molecule has 130 valence electrons. The summed E-state index contributed by atoms with van der Waals surface area (Å²) in [5.74, 6) is -1.55. The molecule has 1 aromatic carbocycles. The predicted molar refractivity (Wildman–Crippen MR) is 93.9 cm³/mol. The number of carbonyl (C=O) groups excluding carboxylic acids is 3. The summed E-state index contributed by atoms with van der Waals surface area (Å²) in [5.41, 5.74) is 6.34. The molecule has 0 aliphatic carbocycles. The molecule has 0 saturated carbocycles. The van der Waals surface area contributed by atoms with Crippen molar-refractivity contribution in [2.75, 3.05) is 6.54 Å². The molecule has 2 amide bonds. The Balaban J connectivity index is 2.36. The highest BCUT2D eigenvalue weighted by atomic mass is 16.2. The fraction of sp³-hybridized carbons (Fsp3) is 0.263. The lowest BCUT2D eigenvalue weighted by Crippen LogP contribution is -2.52. The third kappa shape index (κ3) is 4.50. The normalized spacial score (nSPS) is 11.8. The zero-order valence-corrected chi connectivity index (χ0v) is 14.3. The highest BCUT2D eigenvalue weighted by molar-refractivity contribution is 6.03. The molecule has 2 N–H and O–H groups in total. The number of hydrogen-bond donors (Lipinski definition) is 1. The zero-order valence-electron chi connectivity index (χ0n) is 14.3. The van der Waals surface area contributed by atoms with Crippen LogP contribution in [-0.4, -0.2) is 40.1 Å². The molecule has 1 aromatic heterocycles. The van der Waals surface area contributed by atoms with Gasteiger partial charge in [-0.2, -0.15) is 0 Å². The molecule has 1 heterocycles. The van der Waals surface area contributed by atoms with Crippen molar-refractivity contribution < 1.29 is 14.4 Å². The summed E-state index contributed by atoms with van der Waals surface area (Å²) in [4.78, 5) is 42.6. The van der Waals surface area contributed by atoms with Crippen LogP contribution in [0.2, 0.25) is 0 Å². The van der Waals surface area contributed by atoms with Crippen molar-refractivity contribution in [2.45, 2.75) is 19.9 Å². The first-order chi connectivity index (χ1) is 11.9. The molecule has 0 bridgehead atoms. The number of benzene rings is 1. The van der Waals surface area contributed by atoms with Crippen LogP contribution in [0.5, 0.6) is 0 Å². The van der Waals surface area contributed by atoms with Crippen molar-refractivity contribution in [3.8, 4) is 0 Å². The molecule has 2 aromatic rings. The predicted octanol–water partition coefficient (Wildman–Crippen LogP) is 1.92. The molecular weight excluding hydrogens is 318 g/mol. The molecule has 25 heavy (non-hydrogen) atoms. The SMILES string of the molecule is CC(C)C(C(N)=O)N(CC(=O)c1ccccc1)C(=O)c1ccncc1. The van der Waals surface area contributed by atoms with E-state index in [9.17, 15) is 14.4 Å². The van der Waals surface area contributed by atoms with E-state index in [4.69, 9.17) is 5.73 Å². The van der Waals surface area contributed by atoms with Gasteiger partial charge in [-0.3, -0.25) is 19.4 Å². The van der Waals surface area contributed by atoms with Crippen LogP contribution < -0.4 is 5.73 Å². The summed E-state index contributed by atoms with van der Waals surface area (Å²) in [6.07, 6.45) is 2.97. The van der Waals surface area contributed by atoms with Crippen LogP contribution in [0, 0.1) is 5.92 Å². The second kappa shape index (κ2) is 8.19. The van der Waals surface area contributed by atoms with E-state index in [1.807, 2.05) is 0 Å². The average Bonchev–Trinajstić information content (AvgIpc) is 2.61. The van der Waals surface area contributed by atoms with Gasteiger partial charge in [0, 0.05) is 23.5 Å². The number of ketones is 1. The Kier molecular flexibility index (Phi) is 6.00. The maximum atomic E-state index is 12.9. The third-order valence-corrected chi connectivity index (χ3v) is 3.86. The number of Topliss-reactive ketones (excluding diaryl/α,β-unsaturated/α-hetero) is 1. The molecular formula is C19H21N3O3. The van der Waals surface area contributed by atoms with Crippen molar-refractivity contribution in [1.29, 1.82) is 0 Å². The Hall–Kier alpha value is -3.02. The molecule has 6 nitrogen and oxygen atoms in total. The fourth-order valence-corrected chi connectivity index (χ4v) is 2.67. The lowest BCUT2D eigenvalue weighted by Gasteiger charge is -2.31. The molecule has 0 aliphatic heterocycles. The Morgan fingerprint density at radius 1 is 1.00 bits per heavy atom. The van der Waals surface area contributed by atoms with Gasteiger partial charge in [-0.05, 0) is 18.1 Å². The molecule has 0 radical (unpaired) electrons. The van der Waals surface area contributed by atoms with E-state index >= 15 is 0 Å².